The zero-order valence-corrected chi connectivity index (χ0v) is 13.7. The lowest BCUT2D eigenvalue weighted by Crippen LogP contribution is -2.13. The van der Waals surface area contributed by atoms with Gasteiger partial charge in [0.25, 0.3) is 11.6 Å². The first-order valence-electron chi connectivity index (χ1n) is 7.81. The lowest BCUT2D eigenvalue weighted by molar-refractivity contribution is -0.385. The lowest BCUT2D eigenvalue weighted by atomic mass is 10.1. The Balaban J connectivity index is 2.18. The van der Waals surface area contributed by atoms with Gasteiger partial charge < -0.3 is 10.1 Å². The predicted octanol–water partition coefficient (Wildman–Crippen LogP) is 4.33. The Hall–Kier alpha value is -2.89. The third-order valence-electron chi connectivity index (χ3n) is 3.56. The number of unbranched alkanes of at least 4 members (excludes halogenated alkanes) is 1. The summed E-state index contributed by atoms with van der Waals surface area (Å²) in [7, 11) is 0. The van der Waals surface area contributed by atoms with E-state index in [0.29, 0.717) is 23.6 Å². The topological polar surface area (TPSA) is 81.5 Å². The number of para-hydroxylation sites is 2. The maximum absolute atomic E-state index is 12.4. The van der Waals surface area contributed by atoms with Gasteiger partial charge in [0.15, 0.2) is 0 Å². The molecule has 24 heavy (non-hydrogen) atoms. The molecule has 0 aliphatic heterocycles. The number of hydrogen-bond donors (Lipinski definition) is 1. The normalized spacial score (nSPS) is 10.2. The molecule has 2 aromatic carbocycles. The number of rotatable bonds is 7. The first-order valence-corrected chi connectivity index (χ1v) is 7.81. The van der Waals surface area contributed by atoms with E-state index in [2.05, 4.69) is 12.2 Å². The summed E-state index contributed by atoms with van der Waals surface area (Å²) < 4.78 is 5.67. The van der Waals surface area contributed by atoms with Crippen molar-refractivity contribution in [1.29, 1.82) is 0 Å². The van der Waals surface area contributed by atoms with Crippen molar-refractivity contribution in [2.75, 3.05) is 11.9 Å². The Morgan fingerprint density at radius 1 is 1.25 bits per heavy atom. The molecular weight excluding hydrogens is 308 g/mol. The van der Waals surface area contributed by atoms with Crippen LogP contribution < -0.4 is 10.1 Å². The molecule has 0 saturated heterocycles. The molecular formula is C18H20N2O4. The minimum atomic E-state index is -0.492. The number of ether oxygens (including phenoxy) is 1. The largest absolute Gasteiger partial charge is 0.491 e. The van der Waals surface area contributed by atoms with Crippen LogP contribution in [0.25, 0.3) is 0 Å². The van der Waals surface area contributed by atoms with Gasteiger partial charge in [-0.2, -0.15) is 0 Å². The Morgan fingerprint density at radius 3 is 2.71 bits per heavy atom. The maximum Gasteiger partial charge on any atom is 0.273 e. The number of nitrogens with one attached hydrogen (secondary N) is 1. The molecule has 1 amide bonds. The predicted molar refractivity (Wildman–Crippen MR) is 92.6 cm³/mol. The molecule has 0 saturated carbocycles. The van der Waals surface area contributed by atoms with Crippen LogP contribution in [-0.2, 0) is 0 Å². The second-order valence-electron chi connectivity index (χ2n) is 5.41. The summed E-state index contributed by atoms with van der Waals surface area (Å²) in [5.41, 5.74) is 1.22. The monoisotopic (exact) mass is 328 g/mol. The van der Waals surface area contributed by atoms with Crippen molar-refractivity contribution in [2.24, 2.45) is 0 Å². The molecule has 0 radical (unpaired) electrons. The van der Waals surface area contributed by atoms with E-state index in [1.807, 2.05) is 6.07 Å². The van der Waals surface area contributed by atoms with Gasteiger partial charge in [0.05, 0.1) is 17.2 Å². The summed E-state index contributed by atoms with van der Waals surface area (Å²) in [6, 6.07) is 11.6. The van der Waals surface area contributed by atoms with E-state index in [9.17, 15) is 14.9 Å². The van der Waals surface area contributed by atoms with Crippen molar-refractivity contribution in [3.63, 3.8) is 0 Å². The quantitative estimate of drug-likeness (QED) is 0.466. The highest BCUT2D eigenvalue weighted by atomic mass is 16.6. The van der Waals surface area contributed by atoms with Crippen molar-refractivity contribution in [2.45, 2.75) is 26.7 Å². The second-order valence-corrected chi connectivity index (χ2v) is 5.41. The summed E-state index contributed by atoms with van der Waals surface area (Å²) in [6.07, 6.45) is 1.94. The van der Waals surface area contributed by atoms with Crippen LogP contribution in [-0.4, -0.2) is 17.4 Å². The number of benzene rings is 2. The molecule has 0 spiro atoms. The van der Waals surface area contributed by atoms with Crippen molar-refractivity contribution in [1.82, 2.24) is 0 Å². The highest BCUT2D eigenvalue weighted by molar-refractivity contribution is 6.05. The number of carbonyl (C=O) groups excluding carboxylic acids is 1. The van der Waals surface area contributed by atoms with Crippen molar-refractivity contribution >= 4 is 17.3 Å². The second kappa shape index (κ2) is 8.10. The summed E-state index contributed by atoms with van der Waals surface area (Å²) in [6.45, 7) is 4.28. The average molecular weight is 328 g/mol. The van der Waals surface area contributed by atoms with Gasteiger partial charge in [0.2, 0.25) is 0 Å². The van der Waals surface area contributed by atoms with Crippen LogP contribution in [0.1, 0.15) is 35.7 Å². The molecule has 2 rings (SSSR count). The molecule has 0 aromatic heterocycles. The smallest absolute Gasteiger partial charge is 0.273 e. The van der Waals surface area contributed by atoms with Gasteiger partial charge in [-0.3, -0.25) is 14.9 Å². The number of amides is 1. The van der Waals surface area contributed by atoms with Crippen molar-refractivity contribution < 1.29 is 14.5 Å². The fourth-order valence-corrected chi connectivity index (χ4v) is 2.16. The molecule has 0 heterocycles. The summed E-state index contributed by atoms with van der Waals surface area (Å²) in [4.78, 5) is 22.9. The molecule has 0 aliphatic rings. The van der Waals surface area contributed by atoms with Gasteiger partial charge in [-0.1, -0.05) is 31.5 Å². The fraction of sp³-hybridized carbons (Fsp3) is 0.278. The van der Waals surface area contributed by atoms with Gasteiger partial charge in [0, 0.05) is 17.2 Å². The van der Waals surface area contributed by atoms with E-state index in [-0.39, 0.29) is 11.3 Å². The molecule has 1 N–H and O–H groups in total. The van der Waals surface area contributed by atoms with E-state index in [4.69, 9.17) is 4.74 Å². The number of carbonyl (C=O) groups is 1. The molecule has 126 valence electrons. The molecule has 6 nitrogen and oxygen atoms in total. The van der Waals surface area contributed by atoms with Gasteiger partial charge in [-0.15, -0.1) is 0 Å². The molecule has 0 fully saturated rings. The summed E-state index contributed by atoms with van der Waals surface area (Å²) in [5, 5.41) is 13.8. The first kappa shape index (κ1) is 17.5. The van der Waals surface area contributed by atoms with Crippen molar-refractivity contribution in [3.05, 3.63) is 63.7 Å². The molecule has 2 aromatic rings. The molecule has 0 aliphatic carbocycles. The SMILES string of the molecule is CCCCOc1ccccc1NC(=O)c1ccc(C)c([N+](=O)[O-])c1. The zero-order chi connectivity index (χ0) is 17.5. The molecule has 0 unspecified atom stereocenters. The number of aryl methyl sites for hydroxylation is 1. The highest BCUT2D eigenvalue weighted by Gasteiger charge is 2.16. The first-order chi connectivity index (χ1) is 11.5. The zero-order valence-electron chi connectivity index (χ0n) is 13.7. The Morgan fingerprint density at radius 2 is 2.00 bits per heavy atom. The standard InChI is InChI=1S/C18H20N2O4/c1-3-4-11-24-17-8-6-5-7-15(17)19-18(21)14-10-9-13(2)16(12-14)20(22)23/h5-10,12H,3-4,11H2,1-2H3,(H,19,21). The average Bonchev–Trinajstić information content (AvgIpc) is 2.56. The van der Waals surface area contributed by atoms with Gasteiger partial charge in [0.1, 0.15) is 5.75 Å². The van der Waals surface area contributed by atoms with Gasteiger partial charge in [-0.25, -0.2) is 0 Å². The fourth-order valence-electron chi connectivity index (χ4n) is 2.16. The maximum atomic E-state index is 12.4. The van der Waals surface area contributed by atoms with Crippen molar-refractivity contribution in [3.8, 4) is 5.75 Å². The van der Waals surface area contributed by atoms with E-state index < -0.39 is 10.8 Å². The summed E-state index contributed by atoms with van der Waals surface area (Å²) >= 11 is 0. The van der Waals surface area contributed by atoms with Gasteiger partial charge in [-0.05, 0) is 31.5 Å². The third-order valence-corrected chi connectivity index (χ3v) is 3.56. The lowest BCUT2D eigenvalue weighted by Gasteiger charge is -2.12. The Bertz CT molecular complexity index is 744. The number of hydrogen-bond acceptors (Lipinski definition) is 4. The minimum absolute atomic E-state index is 0.0740. The number of nitro benzene ring substituents is 1. The number of nitrogens with zero attached hydrogens (tertiary/aromatic N) is 1. The number of anilines is 1. The minimum Gasteiger partial charge on any atom is -0.491 e. The van der Waals surface area contributed by atoms with E-state index in [0.717, 1.165) is 12.8 Å². The van der Waals surface area contributed by atoms with Crippen LogP contribution in [0, 0.1) is 17.0 Å². The van der Waals surface area contributed by atoms with Crippen LogP contribution in [0.5, 0.6) is 5.75 Å². The molecule has 0 bridgehead atoms. The van der Waals surface area contributed by atoms with E-state index in [1.54, 1.807) is 37.3 Å². The Kier molecular flexibility index (Phi) is 5.89. The van der Waals surface area contributed by atoms with E-state index >= 15 is 0 Å². The molecule has 0 atom stereocenters. The number of nitro groups is 1. The Labute approximate surface area is 140 Å². The highest BCUT2D eigenvalue weighted by Crippen LogP contribution is 2.25. The third kappa shape index (κ3) is 4.32. The van der Waals surface area contributed by atoms with Gasteiger partial charge >= 0.3 is 0 Å². The van der Waals surface area contributed by atoms with E-state index in [1.165, 1.54) is 6.07 Å². The summed E-state index contributed by atoms with van der Waals surface area (Å²) in [5.74, 6) is 0.172. The van der Waals surface area contributed by atoms with Crippen LogP contribution in [0.3, 0.4) is 0 Å². The van der Waals surface area contributed by atoms with Crippen LogP contribution >= 0.6 is 0 Å². The van der Waals surface area contributed by atoms with Crippen LogP contribution in [0.15, 0.2) is 42.5 Å². The molecule has 6 heteroatoms. The van der Waals surface area contributed by atoms with Crippen LogP contribution in [0.2, 0.25) is 0 Å². The van der Waals surface area contributed by atoms with Crippen LogP contribution in [0.4, 0.5) is 11.4 Å².